The third-order valence-electron chi connectivity index (χ3n) is 3.56. The second kappa shape index (κ2) is 9.81. The number of nitrogens with one attached hydrogen (secondary N) is 1. The first kappa shape index (κ1) is 19.8. The van der Waals surface area contributed by atoms with E-state index in [0.29, 0.717) is 12.2 Å². The summed E-state index contributed by atoms with van der Waals surface area (Å²) in [5, 5.41) is 6.52. The van der Waals surface area contributed by atoms with Crippen LogP contribution in [0.4, 0.5) is 0 Å². The van der Waals surface area contributed by atoms with E-state index < -0.39 is 12.0 Å². The zero-order chi connectivity index (χ0) is 18.9. The smallest absolute Gasteiger partial charge is 0.328 e. The van der Waals surface area contributed by atoms with Gasteiger partial charge in [-0.1, -0.05) is 5.16 Å². The minimum absolute atomic E-state index is 0.115. The minimum Gasteiger partial charge on any atom is -0.497 e. The molecule has 1 aromatic carbocycles. The molecule has 0 saturated carbocycles. The van der Waals surface area contributed by atoms with Crippen LogP contribution in [0.5, 0.6) is 5.75 Å². The fourth-order valence-electron chi connectivity index (χ4n) is 2.19. The Kier molecular flexibility index (Phi) is 7.46. The molecule has 0 aliphatic heterocycles. The summed E-state index contributed by atoms with van der Waals surface area (Å²) in [7, 11) is 2.88. The summed E-state index contributed by atoms with van der Waals surface area (Å²) >= 11 is 1.58. The molecule has 1 heterocycles. The third kappa shape index (κ3) is 5.48. The lowest BCUT2D eigenvalue weighted by Gasteiger charge is -2.15. The van der Waals surface area contributed by atoms with Gasteiger partial charge in [-0.3, -0.25) is 4.79 Å². The molecule has 1 N–H and O–H groups in total. The Balaban J connectivity index is 1.98. The van der Waals surface area contributed by atoms with Gasteiger partial charge in [-0.25, -0.2) is 4.79 Å². The zero-order valence-electron chi connectivity index (χ0n) is 14.9. The average molecular weight is 379 g/mol. The van der Waals surface area contributed by atoms with Gasteiger partial charge in [-0.05, 0) is 42.7 Å². The average Bonchev–Trinajstić information content (AvgIpc) is 3.12. The highest BCUT2D eigenvalue weighted by Gasteiger charge is 2.22. The Morgan fingerprint density at radius 1 is 1.27 bits per heavy atom. The van der Waals surface area contributed by atoms with Crippen molar-refractivity contribution in [1.29, 1.82) is 0 Å². The summed E-state index contributed by atoms with van der Waals surface area (Å²) in [6.45, 7) is 0. The van der Waals surface area contributed by atoms with Crippen LogP contribution in [-0.2, 0) is 20.7 Å². The first-order chi connectivity index (χ1) is 12.6. The van der Waals surface area contributed by atoms with Crippen molar-refractivity contribution in [2.24, 2.45) is 0 Å². The molecule has 140 valence electrons. The molecule has 0 fully saturated rings. The summed E-state index contributed by atoms with van der Waals surface area (Å²) in [6, 6.07) is 6.46. The molecule has 9 heteroatoms. The number of carbonyl (C=O) groups is 2. The largest absolute Gasteiger partial charge is 0.497 e. The highest BCUT2D eigenvalue weighted by molar-refractivity contribution is 7.98. The first-order valence-electron chi connectivity index (χ1n) is 7.90. The van der Waals surface area contributed by atoms with Gasteiger partial charge < -0.3 is 19.3 Å². The minimum atomic E-state index is -0.691. The number of methoxy groups -OCH3 is 2. The van der Waals surface area contributed by atoms with Gasteiger partial charge in [0.15, 0.2) is 0 Å². The standard InChI is InChI=1S/C17H21N3O5S/c1-23-12-6-4-11(5-7-12)16-19-15(25-20-16)10-14(21)18-13(8-9-26-3)17(22)24-2/h4-7,13H,8-10H2,1-3H3,(H,18,21). The molecule has 26 heavy (non-hydrogen) atoms. The maximum absolute atomic E-state index is 12.2. The number of aromatic nitrogens is 2. The number of esters is 1. The Bertz CT molecular complexity index is 732. The van der Waals surface area contributed by atoms with E-state index in [1.165, 1.54) is 7.11 Å². The molecule has 0 saturated heterocycles. The molecule has 1 unspecified atom stereocenters. The first-order valence-corrected chi connectivity index (χ1v) is 9.30. The van der Waals surface area contributed by atoms with Crippen LogP contribution < -0.4 is 10.1 Å². The molecule has 1 amide bonds. The van der Waals surface area contributed by atoms with Crippen LogP contribution in [0.3, 0.4) is 0 Å². The van der Waals surface area contributed by atoms with Crippen LogP contribution in [0.15, 0.2) is 28.8 Å². The van der Waals surface area contributed by atoms with Gasteiger partial charge in [0, 0.05) is 5.56 Å². The molecule has 8 nitrogen and oxygen atoms in total. The van der Waals surface area contributed by atoms with Crippen molar-refractivity contribution < 1.29 is 23.6 Å². The number of carbonyl (C=O) groups excluding carboxylic acids is 2. The summed E-state index contributed by atoms with van der Waals surface area (Å²) in [4.78, 5) is 28.1. The third-order valence-corrected chi connectivity index (χ3v) is 4.20. The highest BCUT2D eigenvalue weighted by Crippen LogP contribution is 2.19. The van der Waals surface area contributed by atoms with Gasteiger partial charge in [0.05, 0.1) is 14.2 Å². The van der Waals surface area contributed by atoms with E-state index in [9.17, 15) is 9.59 Å². The topological polar surface area (TPSA) is 104 Å². The predicted molar refractivity (Wildman–Crippen MR) is 96.9 cm³/mol. The van der Waals surface area contributed by atoms with Crippen LogP contribution in [0, 0.1) is 0 Å². The van der Waals surface area contributed by atoms with Crippen LogP contribution in [0.2, 0.25) is 0 Å². The number of hydrogen-bond acceptors (Lipinski definition) is 8. The Hall–Kier alpha value is -2.55. The Morgan fingerprint density at radius 2 is 2.00 bits per heavy atom. The van der Waals surface area contributed by atoms with Crippen molar-refractivity contribution in [2.45, 2.75) is 18.9 Å². The van der Waals surface area contributed by atoms with E-state index in [4.69, 9.17) is 14.0 Å². The van der Waals surface area contributed by atoms with E-state index in [2.05, 4.69) is 15.5 Å². The lowest BCUT2D eigenvalue weighted by molar-refractivity contribution is -0.145. The van der Waals surface area contributed by atoms with E-state index in [0.717, 1.165) is 17.1 Å². The number of rotatable bonds is 9. The molecule has 2 rings (SSSR count). The summed E-state index contributed by atoms with van der Waals surface area (Å²) in [5.74, 6) is 1.13. The van der Waals surface area contributed by atoms with Gasteiger partial charge in [-0.15, -0.1) is 0 Å². The summed E-state index contributed by atoms with van der Waals surface area (Å²) < 4.78 is 14.9. The Labute approximate surface area is 155 Å². The monoisotopic (exact) mass is 379 g/mol. The summed E-state index contributed by atoms with van der Waals surface area (Å²) in [5.41, 5.74) is 0.744. The van der Waals surface area contributed by atoms with Crippen molar-refractivity contribution >= 4 is 23.6 Å². The van der Waals surface area contributed by atoms with E-state index in [-0.39, 0.29) is 18.2 Å². The Morgan fingerprint density at radius 3 is 2.62 bits per heavy atom. The van der Waals surface area contributed by atoms with E-state index in [1.54, 1.807) is 43.1 Å². The number of thioether (sulfide) groups is 1. The lowest BCUT2D eigenvalue weighted by atomic mass is 10.2. The number of nitrogens with zero attached hydrogens (tertiary/aromatic N) is 2. The highest BCUT2D eigenvalue weighted by atomic mass is 32.2. The lowest BCUT2D eigenvalue weighted by Crippen LogP contribution is -2.42. The van der Waals surface area contributed by atoms with Crippen LogP contribution in [0.1, 0.15) is 12.3 Å². The van der Waals surface area contributed by atoms with Gasteiger partial charge in [0.25, 0.3) is 0 Å². The number of amides is 1. The molecule has 0 aliphatic carbocycles. The fraction of sp³-hybridized carbons (Fsp3) is 0.412. The molecule has 0 aliphatic rings. The van der Waals surface area contributed by atoms with Gasteiger partial charge in [0.1, 0.15) is 18.2 Å². The second-order valence-electron chi connectivity index (χ2n) is 5.34. The molecule has 0 bridgehead atoms. The second-order valence-corrected chi connectivity index (χ2v) is 6.33. The maximum Gasteiger partial charge on any atom is 0.328 e. The van der Waals surface area contributed by atoms with Gasteiger partial charge >= 0.3 is 5.97 Å². The van der Waals surface area contributed by atoms with E-state index >= 15 is 0 Å². The number of ether oxygens (including phenoxy) is 2. The SMILES string of the molecule is COC(=O)C(CCSC)NC(=O)Cc1nc(-c2ccc(OC)cc2)no1. The molecule has 0 radical (unpaired) electrons. The van der Waals surface area contributed by atoms with Gasteiger partial charge in [-0.2, -0.15) is 16.7 Å². The van der Waals surface area contributed by atoms with Crippen LogP contribution in [0.25, 0.3) is 11.4 Å². The quantitative estimate of drug-likeness (QED) is 0.657. The van der Waals surface area contributed by atoms with Crippen LogP contribution in [-0.4, -0.2) is 54.3 Å². The van der Waals surface area contributed by atoms with Crippen molar-refractivity contribution in [2.75, 3.05) is 26.2 Å². The normalized spacial score (nSPS) is 11.7. The molecule has 1 atom stereocenters. The van der Waals surface area contributed by atoms with Crippen molar-refractivity contribution in [3.8, 4) is 17.1 Å². The number of benzene rings is 1. The zero-order valence-corrected chi connectivity index (χ0v) is 15.7. The fourth-order valence-corrected chi connectivity index (χ4v) is 2.67. The molecule has 1 aromatic heterocycles. The molecular formula is C17H21N3O5S. The van der Waals surface area contributed by atoms with Gasteiger partial charge in [0.2, 0.25) is 17.6 Å². The van der Waals surface area contributed by atoms with Crippen molar-refractivity contribution in [3.63, 3.8) is 0 Å². The maximum atomic E-state index is 12.2. The van der Waals surface area contributed by atoms with Crippen molar-refractivity contribution in [1.82, 2.24) is 15.5 Å². The molecular weight excluding hydrogens is 358 g/mol. The summed E-state index contributed by atoms with van der Waals surface area (Å²) in [6.07, 6.45) is 2.30. The van der Waals surface area contributed by atoms with Crippen molar-refractivity contribution in [3.05, 3.63) is 30.2 Å². The predicted octanol–water partition coefficient (Wildman–Crippen LogP) is 1.70. The molecule has 2 aromatic rings. The van der Waals surface area contributed by atoms with Crippen LogP contribution >= 0.6 is 11.8 Å². The molecule has 0 spiro atoms. The number of hydrogen-bond donors (Lipinski definition) is 1. The van der Waals surface area contributed by atoms with E-state index in [1.807, 2.05) is 6.26 Å².